The predicted octanol–water partition coefficient (Wildman–Crippen LogP) is 2.61. The number of anilines is 1. The van der Waals surface area contributed by atoms with E-state index < -0.39 is 0 Å². The number of fused-ring (bicyclic) bond motifs is 1. The first kappa shape index (κ1) is 8.51. The van der Waals surface area contributed by atoms with Crippen molar-refractivity contribution in [3.8, 4) is 0 Å². The molecule has 0 aliphatic heterocycles. The second kappa shape index (κ2) is 3.34. The summed E-state index contributed by atoms with van der Waals surface area (Å²) in [6, 6.07) is 8.13. The highest BCUT2D eigenvalue weighted by Crippen LogP contribution is 2.22. The summed E-state index contributed by atoms with van der Waals surface area (Å²) in [5.74, 6) is 1.01. The van der Waals surface area contributed by atoms with Crippen LogP contribution in [0.4, 0.5) is 5.69 Å². The smallest absolute Gasteiger partial charge is 0.0689 e. The molecule has 0 unspecified atom stereocenters. The maximum atomic E-state index is 5.83. The van der Waals surface area contributed by atoms with Gasteiger partial charge in [-0.15, -0.1) is 0 Å². The Balaban J connectivity index is 2.55. The zero-order valence-electron chi connectivity index (χ0n) is 7.50. The summed E-state index contributed by atoms with van der Waals surface area (Å²) in [6.45, 7) is 0. The van der Waals surface area contributed by atoms with Gasteiger partial charge in [0.05, 0.1) is 11.2 Å². The molecule has 68 valence electrons. The quantitative estimate of drug-likeness (QED) is 0.718. The number of nitrogens with two attached hydrogens (primary N) is 1. The van der Waals surface area contributed by atoms with E-state index in [4.69, 9.17) is 5.73 Å². The molecule has 0 bridgehead atoms. The predicted molar refractivity (Wildman–Crippen MR) is 59.9 cm³/mol. The number of aromatic amines is 1. The van der Waals surface area contributed by atoms with Crippen molar-refractivity contribution in [3.05, 3.63) is 30.0 Å². The summed E-state index contributed by atoms with van der Waals surface area (Å²) in [5.41, 5.74) is 8.95. The van der Waals surface area contributed by atoms with Crippen molar-refractivity contribution in [1.29, 1.82) is 0 Å². The number of benzene rings is 1. The minimum Gasteiger partial charge on any atom is -0.397 e. The third kappa shape index (κ3) is 1.52. The molecule has 0 aliphatic rings. The molecule has 1 heterocycles. The van der Waals surface area contributed by atoms with Gasteiger partial charge in [0, 0.05) is 16.8 Å². The molecule has 0 spiro atoms. The Morgan fingerprint density at radius 3 is 3.00 bits per heavy atom. The monoisotopic (exact) mass is 192 g/mol. The summed E-state index contributed by atoms with van der Waals surface area (Å²) >= 11 is 1.80. The standard InChI is InChI=1S/C10H12N2S/c1-13-6-8-5-7-3-2-4-9(11)10(7)12-8/h2-5,12H,6,11H2,1H3. The van der Waals surface area contributed by atoms with E-state index in [-0.39, 0.29) is 0 Å². The van der Waals surface area contributed by atoms with Gasteiger partial charge < -0.3 is 10.7 Å². The third-order valence-electron chi connectivity index (χ3n) is 2.04. The number of H-pyrrole nitrogens is 1. The number of nitrogens with one attached hydrogen (secondary N) is 1. The fraction of sp³-hybridized carbons (Fsp3) is 0.200. The van der Waals surface area contributed by atoms with Gasteiger partial charge in [-0.05, 0) is 18.4 Å². The number of nitrogen functional groups attached to an aromatic ring is 1. The van der Waals surface area contributed by atoms with Crippen molar-refractivity contribution >= 4 is 28.4 Å². The molecule has 0 saturated carbocycles. The van der Waals surface area contributed by atoms with Gasteiger partial charge in [0.25, 0.3) is 0 Å². The summed E-state index contributed by atoms with van der Waals surface area (Å²) in [7, 11) is 0. The largest absolute Gasteiger partial charge is 0.397 e. The van der Waals surface area contributed by atoms with Gasteiger partial charge in [-0.25, -0.2) is 0 Å². The Labute approximate surface area is 81.5 Å². The molecule has 3 N–H and O–H groups in total. The van der Waals surface area contributed by atoms with E-state index >= 15 is 0 Å². The number of para-hydroxylation sites is 1. The Kier molecular flexibility index (Phi) is 2.19. The fourth-order valence-corrected chi connectivity index (χ4v) is 1.94. The van der Waals surface area contributed by atoms with Crippen LogP contribution in [-0.4, -0.2) is 11.2 Å². The van der Waals surface area contributed by atoms with Gasteiger partial charge in [-0.2, -0.15) is 11.8 Å². The lowest BCUT2D eigenvalue weighted by Crippen LogP contribution is -1.85. The summed E-state index contributed by atoms with van der Waals surface area (Å²) < 4.78 is 0. The molecule has 0 amide bonds. The molecule has 0 aliphatic carbocycles. The van der Waals surface area contributed by atoms with Crippen molar-refractivity contribution in [2.45, 2.75) is 5.75 Å². The van der Waals surface area contributed by atoms with Crippen molar-refractivity contribution < 1.29 is 0 Å². The third-order valence-corrected chi connectivity index (χ3v) is 2.64. The number of hydrogen-bond donors (Lipinski definition) is 2. The molecule has 0 radical (unpaired) electrons. The average molecular weight is 192 g/mol. The first-order valence-corrected chi connectivity index (χ1v) is 5.55. The first-order valence-electron chi connectivity index (χ1n) is 4.16. The maximum absolute atomic E-state index is 5.83. The minimum absolute atomic E-state index is 0.824. The number of thioether (sulfide) groups is 1. The Morgan fingerprint density at radius 2 is 2.31 bits per heavy atom. The Morgan fingerprint density at radius 1 is 1.46 bits per heavy atom. The molecular weight excluding hydrogens is 180 g/mol. The van der Waals surface area contributed by atoms with Crippen molar-refractivity contribution in [2.75, 3.05) is 12.0 Å². The molecule has 0 saturated heterocycles. The first-order chi connectivity index (χ1) is 6.31. The van der Waals surface area contributed by atoms with Gasteiger partial charge in [-0.3, -0.25) is 0 Å². The molecule has 13 heavy (non-hydrogen) atoms. The summed E-state index contributed by atoms with van der Waals surface area (Å²) in [5, 5.41) is 1.20. The second-order valence-electron chi connectivity index (χ2n) is 3.04. The SMILES string of the molecule is CSCc1cc2cccc(N)c2[nH]1. The normalized spacial score (nSPS) is 10.8. The summed E-state index contributed by atoms with van der Waals surface area (Å²) in [4.78, 5) is 3.32. The molecule has 3 heteroatoms. The zero-order chi connectivity index (χ0) is 9.26. The van der Waals surface area contributed by atoms with Crippen LogP contribution in [0.3, 0.4) is 0 Å². The van der Waals surface area contributed by atoms with Gasteiger partial charge in [0.2, 0.25) is 0 Å². The second-order valence-corrected chi connectivity index (χ2v) is 3.91. The molecule has 2 nitrogen and oxygen atoms in total. The highest BCUT2D eigenvalue weighted by molar-refractivity contribution is 7.97. The number of hydrogen-bond acceptors (Lipinski definition) is 2. The van der Waals surface area contributed by atoms with Crippen LogP contribution in [0.2, 0.25) is 0 Å². The molecule has 0 atom stereocenters. The van der Waals surface area contributed by atoms with Crippen LogP contribution in [0.15, 0.2) is 24.3 Å². The maximum Gasteiger partial charge on any atom is 0.0689 e. The molecule has 0 fully saturated rings. The van der Waals surface area contributed by atoms with Crippen LogP contribution in [-0.2, 0) is 5.75 Å². The minimum atomic E-state index is 0.824. The van der Waals surface area contributed by atoms with E-state index in [1.54, 1.807) is 11.8 Å². The van der Waals surface area contributed by atoms with Crippen LogP contribution in [0.5, 0.6) is 0 Å². The van der Waals surface area contributed by atoms with E-state index in [1.807, 2.05) is 12.1 Å². The number of aromatic nitrogens is 1. The van der Waals surface area contributed by atoms with Gasteiger partial charge >= 0.3 is 0 Å². The Bertz CT molecular complexity index is 420. The van der Waals surface area contributed by atoms with Crippen LogP contribution in [0.25, 0.3) is 10.9 Å². The van der Waals surface area contributed by atoms with Gasteiger partial charge in [0.1, 0.15) is 0 Å². The summed E-state index contributed by atoms with van der Waals surface area (Å²) in [6.07, 6.45) is 2.09. The highest BCUT2D eigenvalue weighted by Gasteiger charge is 2.01. The number of rotatable bonds is 2. The Hall–Kier alpha value is -1.09. The lowest BCUT2D eigenvalue weighted by Gasteiger charge is -1.93. The molecule has 2 aromatic rings. The van der Waals surface area contributed by atoms with Crippen LogP contribution in [0, 0.1) is 0 Å². The van der Waals surface area contributed by atoms with Crippen molar-refractivity contribution in [3.63, 3.8) is 0 Å². The van der Waals surface area contributed by atoms with Crippen LogP contribution < -0.4 is 5.73 Å². The van der Waals surface area contributed by atoms with E-state index in [1.165, 1.54) is 11.1 Å². The molecule has 2 rings (SSSR count). The van der Waals surface area contributed by atoms with Crippen LogP contribution in [0.1, 0.15) is 5.69 Å². The van der Waals surface area contributed by atoms with Crippen molar-refractivity contribution in [2.24, 2.45) is 0 Å². The topological polar surface area (TPSA) is 41.8 Å². The van der Waals surface area contributed by atoms with E-state index in [2.05, 4.69) is 23.4 Å². The molecular formula is C10H12N2S. The molecule has 1 aromatic carbocycles. The van der Waals surface area contributed by atoms with Crippen LogP contribution >= 0.6 is 11.8 Å². The van der Waals surface area contributed by atoms with Gasteiger partial charge in [0.15, 0.2) is 0 Å². The average Bonchev–Trinajstić information content (AvgIpc) is 2.49. The van der Waals surface area contributed by atoms with E-state index in [9.17, 15) is 0 Å². The lowest BCUT2D eigenvalue weighted by molar-refractivity contribution is 1.27. The van der Waals surface area contributed by atoms with Crippen molar-refractivity contribution in [1.82, 2.24) is 4.98 Å². The lowest BCUT2D eigenvalue weighted by atomic mass is 10.2. The highest BCUT2D eigenvalue weighted by atomic mass is 32.2. The van der Waals surface area contributed by atoms with E-state index in [0.29, 0.717) is 0 Å². The van der Waals surface area contributed by atoms with E-state index in [0.717, 1.165) is 17.0 Å². The fourth-order valence-electron chi connectivity index (χ4n) is 1.47. The molecule has 1 aromatic heterocycles. The zero-order valence-corrected chi connectivity index (χ0v) is 8.32. The van der Waals surface area contributed by atoms with Gasteiger partial charge in [-0.1, -0.05) is 12.1 Å².